The topological polar surface area (TPSA) is 247 Å². The van der Waals surface area contributed by atoms with Gasteiger partial charge >= 0.3 is 6.18 Å². The van der Waals surface area contributed by atoms with Crippen molar-refractivity contribution in [1.29, 1.82) is 0 Å². The molecule has 3 amide bonds. The Balaban J connectivity index is 0.710. The highest BCUT2D eigenvalue weighted by Crippen LogP contribution is 2.38. The molecule has 0 spiro atoms. The van der Waals surface area contributed by atoms with Crippen LogP contribution in [0.25, 0.3) is 32.9 Å². The number of β-amino-alcohol motifs (C(OH)–C–C–N with tert-alkyl or cyclic N) is 1. The summed E-state index contributed by atoms with van der Waals surface area (Å²) in [6.45, 7) is 12.4. The maximum Gasteiger partial charge on any atom is 0.416 e. The van der Waals surface area contributed by atoms with Gasteiger partial charge in [-0.1, -0.05) is 82.9 Å². The third-order valence-electron chi connectivity index (χ3n) is 17.0. The number of thiazole rings is 1. The number of aromatic nitrogens is 6. The van der Waals surface area contributed by atoms with Gasteiger partial charge < -0.3 is 51.6 Å². The van der Waals surface area contributed by atoms with E-state index in [1.54, 1.807) is 39.4 Å². The van der Waals surface area contributed by atoms with Gasteiger partial charge in [0, 0.05) is 38.0 Å². The number of carbonyl (C=O) groups is 3. The van der Waals surface area contributed by atoms with Crippen LogP contribution in [0.3, 0.4) is 0 Å². The van der Waals surface area contributed by atoms with Gasteiger partial charge in [0.25, 0.3) is 0 Å². The number of anilines is 2. The number of fused-ring (bicyclic) bond motifs is 1. The van der Waals surface area contributed by atoms with Gasteiger partial charge in [0.2, 0.25) is 17.7 Å². The molecule has 3 saturated heterocycles. The van der Waals surface area contributed by atoms with Crippen molar-refractivity contribution in [1.82, 2.24) is 49.9 Å². The molecule has 0 aliphatic carbocycles. The van der Waals surface area contributed by atoms with E-state index in [1.807, 2.05) is 76.5 Å². The number of aliphatic hydroxyl groups excluding tert-OH is 2. The van der Waals surface area contributed by atoms with Crippen molar-refractivity contribution in [3.05, 3.63) is 101 Å². The molecule has 2 aromatic carbocycles. The largest absolute Gasteiger partial charge is 0.416 e. The molecule has 6 aromatic rings. The number of aliphatic hydroxyl groups is 2. The van der Waals surface area contributed by atoms with E-state index in [2.05, 4.69) is 35.5 Å². The summed E-state index contributed by atoms with van der Waals surface area (Å²) in [7, 11) is 0. The van der Waals surface area contributed by atoms with Crippen LogP contribution in [0.2, 0.25) is 0 Å². The zero-order valence-electron chi connectivity index (χ0n) is 48.5. The fourth-order valence-electron chi connectivity index (χ4n) is 12.2. The number of nitrogens with two attached hydrogens (primary N) is 2. The Morgan fingerprint density at radius 2 is 1.62 bits per heavy atom. The summed E-state index contributed by atoms with van der Waals surface area (Å²) in [5.41, 5.74) is 18.1. The second-order valence-electron chi connectivity index (χ2n) is 24.3. The lowest BCUT2D eigenvalue weighted by Crippen LogP contribution is -2.65. The summed E-state index contributed by atoms with van der Waals surface area (Å²) in [6.07, 6.45) is 3.85. The minimum atomic E-state index is -4.90. The molecule has 0 bridgehead atoms. The molecule has 0 radical (unpaired) electrons. The lowest BCUT2D eigenvalue weighted by atomic mass is 9.84. The highest BCUT2D eigenvalue weighted by atomic mass is 32.1. The Morgan fingerprint density at radius 1 is 0.905 bits per heavy atom. The molecule has 3 aliphatic rings. The molecule has 0 saturated carbocycles. The number of nitrogens with one attached hydrogen (secondary N) is 2. The molecule has 84 heavy (non-hydrogen) atoms. The maximum absolute atomic E-state index is 16.2. The Morgan fingerprint density at radius 3 is 2.31 bits per heavy atom. The average Bonchev–Trinajstić information content (AvgIpc) is 4.34. The molecule has 0 unspecified atom stereocenters. The van der Waals surface area contributed by atoms with Crippen LogP contribution in [0.15, 0.2) is 72.9 Å². The SMILES string of the molecule is Cc1ncsc1-c1ccc([C@H](C)NC(=O)[C@@H]2C[C@@H](O)CN2C(=O)[C@@H](NC(=O)CCCCCCCCN2CCC(c3ccc(-c4cc(Cn5cnc6c(N)ncnc65)c(N5CCC[C@](N)([C@H](O)C(F)(F)F)C5)cn4)cc3F)CC2)C(C)(C)C)cc1. The standard InChI is InChI=1S/C61H79F4N13O5S/c1-37(39-14-16-41(17-15-39)52-38(2)72-36-84-52)73-56(81)48-29-44(79)32-78(48)57(82)53(59(3,4)5)74-50(80)13-10-8-6-7-9-11-23-75-25-20-40(21-26-75)45-19-18-42(27-46(45)62)47-28-43(31-77-35-71-51-54(66)69-34-70-55(51)77)49(30-68-47)76-24-12-22-60(67,33-76)58(83)61(63,64)65/h14-19,27-28,30,34-37,40,44,48,53,58,79,83H,6-13,20-26,29,31-33,67H2,1-5H3,(H,73,81)(H,74,80)(H2,66,69,70)/t37-,44+,48-,53+,58-,60+/m0/s1. The van der Waals surface area contributed by atoms with Crippen molar-refractivity contribution in [2.45, 2.75) is 166 Å². The number of rotatable bonds is 21. The van der Waals surface area contributed by atoms with E-state index in [-0.39, 0.29) is 80.2 Å². The Kier molecular flexibility index (Phi) is 19.4. The van der Waals surface area contributed by atoms with Gasteiger partial charge in [0.15, 0.2) is 17.6 Å². The first-order valence-corrected chi connectivity index (χ1v) is 30.1. The van der Waals surface area contributed by atoms with E-state index in [0.717, 1.165) is 86.3 Å². The smallest absolute Gasteiger partial charge is 0.391 e. The molecule has 6 atom stereocenters. The minimum absolute atomic E-state index is 0.00318. The fraction of sp³-hybridized carbons (Fsp3) is 0.541. The van der Waals surface area contributed by atoms with Crippen molar-refractivity contribution in [3.63, 3.8) is 0 Å². The van der Waals surface area contributed by atoms with Crippen LogP contribution in [0.5, 0.6) is 0 Å². The number of nitrogens with zero attached hydrogens (tertiary/aromatic N) is 9. The number of nitrogen functional groups attached to an aromatic ring is 1. The van der Waals surface area contributed by atoms with Crippen molar-refractivity contribution in [3.8, 4) is 21.7 Å². The van der Waals surface area contributed by atoms with Gasteiger partial charge in [-0.2, -0.15) is 13.2 Å². The van der Waals surface area contributed by atoms with Gasteiger partial charge in [0.05, 0.1) is 64.2 Å². The quantitative estimate of drug-likeness (QED) is 0.0292. The summed E-state index contributed by atoms with van der Waals surface area (Å²) >= 11 is 1.57. The Bertz CT molecular complexity index is 3250. The predicted molar refractivity (Wildman–Crippen MR) is 316 cm³/mol. The number of piperidine rings is 2. The molecule has 4 aromatic heterocycles. The number of hydrogen-bond donors (Lipinski definition) is 6. The lowest BCUT2D eigenvalue weighted by Gasteiger charge is -2.44. The molecule has 23 heteroatoms. The second-order valence-corrected chi connectivity index (χ2v) is 25.2. The predicted octanol–water partition coefficient (Wildman–Crippen LogP) is 8.59. The molecule has 18 nitrogen and oxygen atoms in total. The van der Waals surface area contributed by atoms with Crippen LogP contribution in [0.4, 0.5) is 29.1 Å². The summed E-state index contributed by atoms with van der Waals surface area (Å²) in [6, 6.07) is 12.8. The Labute approximate surface area is 491 Å². The molecule has 452 valence electrons. The normalized spacial score (nSPS) is 20.3. The average molecular weight is 1180 g/mol. The zero-order chi connectivity index (χ0) is 60.1. The highest BCUT2D eigenvalue weighted by molar-refractivity contribution is 7.13. The molecule has 3 fully saturated rings. The molecule has 3 aliphatic heterocycles. The number of aryl methyl sites for hydroxylation is 1. The number of halogens is 4. The number of amides is 3. The van der Waals surface area contributed by atoms with Gasteiger partial charge in [0.1, 0.15) is 29.7 Å². The number of imidazole rings is 1. The van der Waals surface area contributed by atoms with Gasteiger partial charge in [-0.15, -0.1) is 11.3 Å². The maximum atomic E-state index is 16.2. The molecular formula is C61H79F4N13O5S. The summed E-state index contributed by atoms with van der Waals surface area (Å²) in [5.74, 6) is -1.06. The number of carbonyl (C=O) groups excluding carboxylic acids is 3. The van der Waals surface area contributed by atoms with Crippen LogP contribution in [0.1, 0.15) is 139 Å². The third kappa shape index (κ3) is 14.5. The first-order valence-electron chi connectivity index (χ1n) is 29.3. The second kappa shape index (κ2) is 26.3. The Hall–Kier alpha value is -6.66. The summed E-state index contributed by atoms with van der Waals surface area (Å²) < 4.78 is 59.3. The van der Waals surface area contributed by atoms with E-state index in [1.165, 1.54) is 17.3 Å². The lowest BCUT2D eigenvalue weighted by molar-refractivity contribution is -0.224. The zero-order valence-corrected chi connectivity index (χ0v) is 49.4. The molecular weight excluding hydrogens is 1100 g/mol. The number of benzene rings is 2. The van der Waals surface area contributed by atoms with E-state index in [0.29, 0.717) is 58.6 Å². The first-order chi connectivity index (χ1) is 40.0. The third-order valence-corrected chi connectivity index (χ3v) is 18.0. The summed E-state index contributed by atoms with van der Waals surface area (Å²) in [4.78, 5) is 69.7. The van der Waals surface area contributed by atoms with Crippen LogP contribution in [-0.2, 0) is 20.9 Å². The number of hydrogen-bond acceptors (Lipinski definition) is 15. The minimum Gasteiger partial charge on any atom is -0.391 e. The van der Waals surface area contributed by atoms with E-state index < -0.39 is 41.4 Å². The number of alkyl halides is 3. The van der Waals surface area contributed by atoms with Gasteiger partial charge in [-0.05, 0) is 118 Å². The first kappa shape index (κ1) is 61.9. The van der Waals surface area contributed by atoms with E-state index in [9.17, 15) is 37.8 Å². The van der Waals surface area contributed by atoms with E-state index >= 15 is 4.39 Å². The van der Waals surface area contributed by atoms with Crippen LogP contribution < -0.4 is 27.0 Å². The van der Waals surface area contributed by atoms with Crippen LogP contribution >= 0.6 is 11.3 Å². The monoisotopic (exact) mass is 1180 g/mol. The summed E-state index contributed by atoms with van der Waals surface area (Å²) in [5, 5.41) is 27.0. The highest BCUT2D eigenvalue weighted by Gasteiger charge is 2.52. The van der Waals surface area contributed by atoms with Gasteiger partial charge in [-0.3, -0.25) is 19.4 Å². The van der Waals surface area contributed by atoms with Crippen molar-refractivity contribution >= 4 is 51.7 Å². The van der Waals surface area contributed by atoms with E-state index in [4.69, 9.17) is 16.5 Å². The molecule has 8 N–H and O–H groups in total. The van der Waals surface area contributed by atoms with Crippen molar-refractivity contribution in [2.24, 2.45) is 11.1 Å². The van der Waals surface area contributed by atoms with Crippen LogP contribution in [0, 0.1) is 18.2 Å². The van der Waals surface area contributed by atoms with Crippen molar-refractivity contribution in [2.75, 3.05) is 49.9 Å². The number of unbranched alkanes of at least 4 members (excludes halogenated alkanes) is 5. The fourth-order valence-corrected chi connectivity index (χ4v) is 13.0. The van der Waals surface area contributed by atoms with Crippen LogP contribution in [-0.4, -0.2) is 142 Å². The van der Waals surface area contributed by atoms with Gasteiger partial charge in [-0.25, -0.2) is 24.3 Å². The molecule has 7 heterocycles. The number of likely N-dealkylation sites (tertiary alicyclic amines) is 2. The number of pyridine rings is 1. The van der Waals surface area contributed by atoms with Crippen molar-refractivity contribution < 1.29 is 42.2 Å². The molecule has 9 rings (SSSR count).